The van der Waals surface area contributed by atoms with E-state index in [2.05, 4.69) is 10.3 Å². The van der Waals surface area contributed by atoms with Gasteiger partial charge >= 0.3 is 0 Å². The highest BCUT2D eigenvalue weighted by Crippen LogP contribution is 2.40. The minimum absolute atomic E-state index is 0.0192. The molecule has 7 nitrogen and oxygen atoms in total. The van der Waals surface area contributed by atoms with Crippen LogP contribution in [-0.4, -0.2) is 45.4 Å². The Bertz CT molecular complexity index is 1170. The summed E-state index contributed by atoms with van der Waals surface area (Å²) in [7, 11) is 0. The molecule has 3 heterocycles. The van der Waals surface area contributed by atoms with Crippen LogP contribution < -0.4 is 10.0 Å². The van der Waals surface area contributed by atoms with E-state index in [0.717, 1.165) is 6.07 Å². The lowest BCUT2D eigenvalue weighted by Gasteiger charge is -2.40. The molecule has 180 valence electrons. The Morgan fingerprint density at radius 2 is 2.03 bits per heavy atom. The number of nitrogens with one attached hydrogen (secondary N) is 1. The molecule has 11 heteroatoms. The number of nitrogens with zero attached hydrogens (tertiary/aromatic N) is 4. The first-order valence-electron chi connectivity index (χ1n) is 10.7. The average molecular weight is 477 g/mol. The van der Waals surface area contributed by atoms with E-state index in [4.69, 9.17) is 0 Å². The van der Waals surface area contributed by atoms with Crippen LogP contribution in [0, 0.1) is 16.8 Å². The maximum Gasteiger partial charge on any atom is 0.257 e. The first-order valence-corrected chi connectivity index (χ1v) is 10.7. The quantitative estimate of drug-likeness (QED) is 0.336. The Labute approximate surface area is 193 Å². The van der Waals surface area contributed by atoms with Crippen LogP contribution >= 0.6 is 0 Å². The molecule has 1 amide bonds. The predicted molar refractivity (Wildman–Crippen MR) is 115 cm³/mol. The minimum atomic E-state index is -2.97. The summed E-state index contributed by atoms with van der Waals surface area (Å²) < 4.78 is 58.5. The summed E-state index contributed by atoms with van der Waals surface area (Å²) in [6, 6.07) is 5.89. The SMILES string of the molecule is C[C@@H](C(=O)Nc1cn(Cc2cccc(F)c2F)cn1)N1CCC(F)(F)[C@@H](c2cc[n+]([O-])cc2)C1. The predicted octanol–water partition coefficient (Wildman–Crippen LogP) is 3.29. The van der Waals surface area contributed by atoms with Crippen LogP contribution in [0.4, 0.5) is 23.4 Å². The van der Waals surface area contributed by atoms with E-state index in [0.29, 0.717) is 10.3 Å². The van der Waals surface area contributed by atoms with Crippen molar-refractivity contribution in [3.8, 4) is 0 Å². The van der Waals surface area contributed by atoms with Crippen molar-refractivity contribution in [3.05, 3.63) is 83.2 Å². The minimum Gasteiger partial charge on any atom is -0.619 e. The smallest absolute Gasteiger partial charge is 0.257 e. The number of pyridine rings is 1. The molecule has 3 aromatic rings. The summed E-state index contributed by atoms with van der Waals surface area (Å²) in [4.78, 5) is 18.5. The fraction of sp³-hybridized carbons (Fsp3) is 0.348. The highest BCUT2D eigenvalue weighted by Gasteiger charge is 2.46. The van der Waals surface area contributed by atoms with Crippen molar-refractivity contribution in [1.82, 2.24) is 14.5 Å². The molecule has 1 aliphatic rings. The number of aromatic nitrogens is 3. The maximum atomic E-state index is 14.6. The van der Waals surface area contributed by atoms with Crippen LogP contribution in [0.1, 0.15) is 30.4 Å². The molecule has 34 heavy (non-hydrogen) atoms. The molecule has 1 saturated heterocycles. The first kappa shape index (κ1) is 23.7. The second-order valence-electron chi connectivity index (χ2n) is 8.36. The summed E-state index contributed by atoms with van der Waals surface area (Å²) in [5, 5.41) is 13.9. The molecular weight excluding hydrogens is 454 g/mol. The van der Waals surface area contributed by atoms with Gasteiger partial charge in [-0.1, -0.05) is 12.1 Å². The van der Waals surface area contributed by atoms with E-state index in [1.54, 1.807) is 11.8 Å². The molecule has 1 aromatic carbocycles. The number of imidazole rings is 1. The number of carbonyl (C=O) groups excluding carboxylic acids is 1. The number of likely N-dealkylation sites (tertiary alicyclic amines) is 1. The van der Waals surface area contributed by atoms with Crippen LogP contribution in [0.5, 0.6) is 0 Å². The molecule has 4 rings (SSSR count). The van der Waals surface area contributed by atoms with Gasteiger partial charge in [0.1, 0.15) is 0 Å². The van der Waals surface area contributed by atoms with Gasteiger partial charge in [-0.2, -0.15) is 4.73 Å². The van der Waals surface area contributed by atoms with Crippen LogP contribution in [0.15, 0.2) is 55.2 Å². The lowest BCUT2D eigenvalue weighted by molar-refractivity contribution is -0.605. The van der Waals surface area contributed by atoms with Gasteiger partial charge in [0.25, 0.3) is 5.92 Å². The van der Waals surface area contributed by atoms with Gasteiger partial charge in [-0.3, -0.25) is 9.69 Å². The van der Waals surface area contributed by atoms with Gasteiger partial charge in [-0.15, -0.1) is 0 Å². The highest BCUT2D eigenvalue weighted by molar-refractivity contribution is 5.93. The normalized spacial score (nSPS) is 19.0. The zero-order valence-electron chi connectivity index (χ0n) is 18.3. The molecular formula is C23H23F4N5O2. The lowest BCUT2D eigenvalue weighted by atomic mass is 9.87. The Morgan fingerprint density at radius 3 is 2.76 bits per heavy atom. The average Bonchev–Trinajstić information content (AvgIpc) is 3.24. The molecule has 0 saturated carbocycles. The largest absolute Gasteiger partial charge is 0.619 e. The highest BCUT2D eigenvalue weighted by atomic mass is 19.3. The Kier molecular flexibility index (Phi) is 6.56. The van der Waals surface area contributed by atoms with E-state index in [1.807, 2.05) is 0 Å². The fourth-order valence-electron chi connectivity index (χ4n) is 4.06. The molecule has 1 aliphatic heterocycles. The number of piperidine rings is 1. The van der Waals surface area contributed by atoms with Crippen molar-refractivity contribution in [2.45, 2.75) is 37.8 Å². The van der Waals surface area contributed by atoms with Crippen LogP contribution in [-0.2, 0) is 11.3 Å². The molecule has 2 atom stereocenters. The van der Waals surface area contributed by atoms with Gasteiger partial charge in [0, 0.05) is 43.4 Å². The molecule has 2 aromatic heterocycles. The van der Waals surface area contributed by atoms with E-state index in [9.17, 15) is 27.6 Å². The molecule has 1 fully saturated rings. The Balaban J connectivity index is 1.40. The number of halogens is 4. The summed E-state index contributed by atoms with van der Waals surface area (Å²) >= 11 is 0. The number of hydrogen-bond acceptors (Lipinski definition) is 4. The summed E-state index contributed by atoms with van der Waals surface area (Å²) in [5.41, 5.74) is 0.463. The number of anilines is 1. The van der Waals surface area contributed by atoms with Crippen LogP contribution in [0.25, 0.3) is 0 Å². The monoisotopic (exact) mass is 477 g/mol. The molecule has 0 bridgehead atoms. The lowest BCUT2D eigenvalue weighted by Crippen LogP contribution is -2.52. The number of benzene rings is 1. The van der Waals surface area contributed by atoms with E-state index in [-0.39, 0.29) is 31.0 Å². The number of alkyl halides is 2. The van der Waals surface area contributed by atoms with Crippen molar-refractivity contribution < 1.29 is 27.1 Å². The number of amides is 1. The third-order valence-corrected chi connectivity index (χ3v) is 6.09. The summed E-state index contributed by atoms with van der Waals surface area (Å²) in [6.07, 6.45) is 4.78. The molecule has 0 aliphatic carbocycles. The zero-order chi connectivity index (χ0) is 24.5. The second kappa shape index (κ2) is 9.41. The van der Waals surface area contributed by atoms with Crippen molar-refractivity contribution in [3.63, 3.8) is 0 Å². The van der Waals surface area contributed by atoms with Gasteiger partial charge in [0.15, 0.2) is 29.8 Å². The maximum absolute atomic E-state index is 14.6. The Hall–Kier alpha value is -3.47. The molecule has 0 unspecified atom stereocenters. The molecule has 0 radical (unpaired) electrons. The van der Waals surface area contributed by atoms with Gasteiger partial charge in [-0.05, 0) is 18.6 Å². The summed E-state index contributed by atoms with van der Waals surface area (Å²) in [6.45, 7) is 1.61. The van der Waals surface area contributed by atoms with Crippen molar-refractivity contribution in [1.29, 1.82) is 0 Å². The molecule has 1 N–H and O–H groups in total. The summed E-state index contributed by atoms with van der Waals surface area (Å²) in [5.74, 6) is -6.25. The second-order valence-corrected chi connectivity index (χ2v) is 8.36. The van der Waals surface area contributed by atoms with E-state index < -0.39 is 41.8 Å². The van der Waals surface area contributed by atoms with Crippen molar-refractivity contribution in [2.75, 3.05) is 18.4 Å². The van der Waals surface area contributed by atoms with Crippen molar-refractivity contribution >= 4 is 11.7 Å². The third-order valence-electron chi connectivity index (χ3n) is 6.09. The number of carbonyl (C=O) groups is 1. The van der Waals surface area contributed by atoms with E-state index >= 15 is 0 Å². The van der Waals surface area contributed by atoms with Crippen molar-refractivity contribution in [2.24, 2.45) is 0 Å². The first-order chi connectivity index (χ1) is 16.1. The molecule has 0 spiro atoms. The van der Waals surface area contributed by atoms with Gasteiger partial charge in [0.05, 0.1) is 24.8 Å². The Morgan fingerprint density at radius 1 is 1.29 bits per heavy atom. The standard InChI is InChI=1S/C23H23F4N5O2/c1-15(31-10-7-23(26,27)18(12-31)16-5-8-32(34)9-6-16)22(33)29-20-13-30(14-28-20)11-17-3-2-4-19(24)21(17)25/h2-6,8-9,13-15,18H,7,10-12H2,1H3,(H,29,33)/t15-,18+/m0/s1. The fourth-order valence-corrected chi connectivity index (χ4v) is 4.06. The topological polar surface area (TPSA) is 77.1 Å². The van der Waals surface area contributed by atoms with Gasteiger partial charge < -0.3 is 15.1 Å². The zero-order valence-corrected chi connectivity index (χ0v) is 18.3. The van der Waals surface area contributed by atoms with Gasteiger partial charge in [-0.25, -0.2) is 22.5 Å². The third kappa shape index (κ3) is 5.04. The number of rotatable bonds is 6. The number of hydrogen-bond donors (Lipinski definition) is 1. The van der Waals surface area contributed by atoms with E-state index in [1.165, 1.54) is 53.8 Å². The van der Waals surface area contributed by atoms with Crippen LogP contribution in [0.3, 0.4) is 0 Å². The van der Waals surface area contributed by atoms with Gasteiger partial charge in [0.2, 0.25) is 5.91 Å². The van der Waals surface area contributed by atoms with Crippen LogP contribution in [0.2, 0.25) is 0 Å².